The summed E-state index contributed by atoms with van der Waals surface area (Å²) in [6.07, 6.45) is -1.24. The van der Waals surface area contributed by atoms with E-state index in [4.69, 9.17) is 5.11 Å². The molecular weight excluding hydrogens is 314 g/mol. The number of rotatable bonds is 5. The molecule has 0 aromatic heterocycles. The molecule has 2 amide bonds. The second-order valence-corrected chi connectivity index (χ2v) is 7.81. The summed E-state index contributed by atoms with van der Waals surface area (Å²) in [6, 6.07) is -0.712. The van der Waals surface area contributed by atoms with Gasteiger partial charge in [0, 0.05) is 32.7 Å². The van der Waals surface area contributed by atoms with Crippen LogP contribution < -0.4 is 0 Å². The lowest BCUT2D eigenvalue weighted by Crippen LogP contribution is -2.60. The molecule has 0 unspecified atom stereocenters. The van der Waals surface area contributed by atoms with Crippen LogP contribution >= 0.6 is 0 Å². The molecule has 9 nitrogen and oxygen atoms in total. The molecule has 0 radical (unpaired) electrons. The largest absolute Gasteiger partial charge is 0.465 e. The van der Waals surface area contributed by atoms with Gasteiger partial charge in [-0.15, -0.1) is 0 Å². The standard InChI is InChI=1S/C12H23N3O6S/c1-9(2)6-14(22(3,20)21)8-10-7-13(11(16)17)4-5-15(10)12(18)19/h9-10H,4-8H2,1-3H3,(H,16,17)(H,18,19)/t10-/m1/s1. The highest BCUT2D eigenvalue weighted by Gasteiger charge is 2.35. The van der Waals surface area contributed by atoms with E-state index in [2.05, 4.69) is 0 Å². The quantitative estimate of drug-likeness (QED) is 0.742. The highest BCUT2D eigenvalue weighted by Crippen LogP contribution is 2.15. The lowest BCUT2D eigenvalue weighted by Gasteiger charge is -2.40. The lowest BCUT2D eigenvalue weighted by molar-refractivity contribution is 0.0569. The van der Waals surface area contributed by atoms with E-state index in [1.807, 2.05) is 13.8 Å². The first-order valence-corrected chi connectivity index (χ1v) is 8.79. The number of hydrogen-bond acceptors (Lipinski definition) is 4. The fourth-order valence-corrected chi connectivity index (χ4v) is 3.44. The predicted molar refractivity (Wildman–Crippen MR) is 79.4 cm³/mol. The smallest absolute Gasteiger partial charge is 0.407 e. The zero-order valence-corrected chi connectivity index (χ0v) is 13.8. The summed E-state index contributed by atoms with van der Waals surface area (Å²) in [7, 11) is -3.50. The van der Waals surface area contributed by atoms with Gasteiger partial charge in [0.2, 0.25) is 10.0 Å². The summed E-state index contributed by atoms with van der Waals surface area (Å²) in [5.74, 6) is 0.0761. The number of sulfonamides is 1. The topological polar surface area (TPSA) is 118 Å². The van der Waals surface area contributed by atoms with Crippen molar-refractivity contribution in [3.8, 4) is 0 Å². The van der Waals surface area contributed by atoms with E-state index in [9.17, 15) is 23.1 Å². The molecule has 1 heterocycles. The predicted octanol–water partition coefficient (Wildman–Crippen LogP) is 0.246. The number of nitrogens with zero attached hydrogens (tertiary/aromatic N) is 3. The Kier molecular flexibility index (Phi) is 6.00. The van der Waals surface area contributed by atoms with Crippen molar-refractivity contribution in [1.82, 2.24) is 14.1 Å². The zero-order chi connectivity index (χ0) is 17.1. The highest BCUT2D eigenvalue weighted by molar-refractivity contribution is 7.88. The monoisotopic (exact) mass is 337 g/mol. The highest BCUT2D eigenvalue weighted by atomic mass is 32.2. The molecule has 0 aliphatic carbocycles. The zero-order valence-electron chi connectivity index (χ0n) is 13.0. The molecule has 128 valence electrons. The van der Waals surface area contributed by atoms with E-state index in [0.717, 1.165) is 16.1 Å². The van der Waals surface area contributed by atoms with E-state index in [1.165, 1.54) is 4.31 Å². The van der Waals surface area contributed by atoms with Crippen molar-refractivity contribution in [2.45, 2.75) is 19.9 Å². The van der Waals surface area contributed by atoms with Crippen LogP contribution in [-0.2, 0) is 10.0 Å². The van der Waals surface area contributed by atoms with Crippen LogP contribution in [0.1, 0.15) is 13.8 Å². The van der Waals surface area contributed by atoms with Crippen LogP contribution in [0.15, 0.2) is 0 Å². The molecule has 1 fully saturated rings. The summed E-state index contributed by atoms with van der Waals surface area (Å²) in [5.41, 5.74) is 0. The van der Waals surface area contributed by atoms with Gasteiger partial charge in [-0.05, 0) is 5.92 Å². The summed E-state index contributed by atoms with van der Waals surface area (Å²) in [4.78, 5) is 24.6. The molecule has 1 atom stereocenters. The number of carboxylic acid groups (broad SMARTS) is 2. The first kappa shape index (κ1) is 18.5. The molecule has 22 heavy (non-hydrogen) atoms. The number of hydrogen-bond donors (Lipinski definition) is 2. The molecule has 1 rings (SSSR count). The third-order valence-corrected chi connectivity index (χ3v) is 4.69. The average molecular weight is 337 g/mol. The fourth-order valence-electron chi connectivity index (χ4n) is 2.42. The fraction of sp³-hybridized carbons (Fsp3) is 0.833. The van der Waals surface area contributed by atoms with Crippen molar-refractivity contribution >= 4 is 22.2 Å². The molecule has 1 saturated heterocycles. The minimum absolute atomic E-state index is 0.0333. The van der Waals surface area contributed by atoms with E-state index in [1.54, 1.807) is 0 Å². The normalized spacial score (nSPS) is 19.8. The lowest BCUT2D eigenvalue weighted by atomic mass is 10.1. The first-order chi connectivity index (χ1) is 10.0. The Hall–Kier alpha value is -1.55. The number of piperazine rings is 1. The van der Waals surface area contributed by atoms with Crippen LogP contribution in [0.25, 0.3) is 0 Å². The van der Waals surface area contributed by atoms with Crippen molar-refractivity contribution < 1.29 is 28.2 Å². The van der Waals surface area contributed by atoms with Gasteiger partial charge in [0.15, 0.2) is 0 Å². The Labute approximate surface area is 130 Å². The van der Waals surface area contributed by atoms with Crippen LogP contribution in [-0.4, -0.2) is 89.9 Å². The molecule has 2 N–H and O–H groups in total. The van der Waals surface area contributed by atoms with Gasteiger partial charge >= 0.3 is 12.2 Å². The van der Waals surface area contributed by atoms with E-state index >= 15 is 0 Å². The van der Waals surface area contributed by atoms with Gasteiger partial charge in [0.05, 0.1) is 12.3 Å². The van der Waals surface area contributed by atoms with Gasteiger partial charge in [0.25, 0.3) is 0 Å². The summed E-state index contributed by atoms with van der Waals surface area (Å²) in [5, 5.41) is 18.3. The van der Waals surface area contributed by atoms with Crippen LogP contribution in [0.3, 0.4) is 0 Å². The summed E-state index contributed by atoms with van der Waals surface area (Å²) < 4.78 is 24.9. The minimum atomic E-state index is -3.50. The minimum Gasteiger partial charge on any atom is -0.465 e. The summed E-state index contributed by atoms with van der Waals surface area (Å²) >= 11 is 0. The Morgan fingerprint density at radius 3 is 2.23 bits per heavy atom. The Morgan fingerprint density at radius 1 is 1.23 bits per heavy atom. The van der Waals surface area contributed by atoms with Gasteiger partial charge in [-0.1, -0.05) is 13.8 Å². The van der Waals surface area contributed by atoms with Crippen molar-refractivity contribution in [2.24, 2.45) is 5.92 Å². The number of amides is 2. The first-order valence-electron chi connectivity index (χ1n) is 6.95. The summed E-state index contributed by atoms with van der Waals surface area (Å²) in [6.45, 7) is 4.01. The Balaban J connectivity index is 2.94. The molecule has 10 heteroatoms. The second-order valence-electron chi connectivity index (χ2n) is 5.83. The van der Waals surface area contributed by atoms with Gasteiger partial charge < -0.3 is 20.0 Å². The van der Waals surface area contributed by atoms with Crippen molar-refractivity contribution in [1.29, 1.82) is 0 Å². The van der Waals surface area contributed by atoms with Crippen molar-refractivity contribution in [3.05, 3.63) is 0 Å². The van der Waals surface area contributed by atoms with Crippen molar-refractivity contribution in [3.63, 3.8) is 0 Å². The second kappa shape index (κ2) is 7.14. The molecule has 0 aromatic rings. The molecule has 1 aliphatic heterocycles. The molecule has 0 saturated carbocycles. The molecular formula is C12H23N3O6S. The Morgan fingerprint density at radius 2 is 1.82 bits per heavy atom. The third-order valence-electron chi connectivity index (χ3n) is 3.45. The van der Waals surface area contributed by atoms with Crippen LogP contribution in [0.2, 0.25) is 0 Å². The van der Waals surface area contributed by atoms with E-state index in [0.29, 0.717) is 0 Å². The van der Waals surface area contributed by atoms with E-state index in [-0.39, 0.29) is 38.6 Å². The Bertz CT molecular complexity index is 521. The van der Waals surface area contributed by atoms with Crippen LogP contribution in [0, 0.1) is 5.92 Å². The van der Waals surface area contributed by atoms with Crippen LogP contribution in [0.4, 0.5) is 9.59 Å². The van der Waals surface area contributed by atoms with Gasteiger partial charge in [-0.25, -0.2) is 18.0 Å². The molecule has 0 spiro atoms. The van der Waals surface area contributed by atoms with E-state index < -0.39 is 28.3 Å². The van der Waals surface area contributed by atoms with Gasteiger partial charge in [-0.3, -0.25) is 0 Å². The van der Waals surface area contributed by atoms with Crippen molar-refractivity contribution in [2.75, 3.05) is 39.0 Å². The van der Waals surface area contributed by atoms with Gasteiger partial charge in [0.1, 0.15) is 0 Å². The SMILES string of the molecule is CC(C)CN(C[C@H]1CN(C(=O)O)CCN1C(=O)O)S(C)(=O)=O. The number of carbonyl (C=O) groups is 2. The van der Waals surface area contributed by atoms with Gasteiger partial charge in [-0.2, -0.15) is 4.31 Å². The average Bonchev–Trinajstić information content (AvgIpc) is 2.35. The maximum Gasteiger partial charge on any atom is 0.407 e. The maximum absolute atomic E-state index is 11.9. The molecule has 0 bridgehead atoms. The third kappa shape index (κ3) is 5.02. The molecule has 1 aliphatic rings. The molecule has 0 aromatic carbocycles. The van der Waals surface area contributed by atoms with Crippen LogP contribution in [0.5, 0.6) is 0 Å². The maximum atomic E-state index is 11.9.